The van der Waals surface area contributed by atoms with Crippen molar-refractivity contribution in [2.24, 2.45) is 14.1 Å². The Morgan fingerprint density at radius 2 is 1.87 bits per heavy atom. The molecule has 0 atom stereocenters. The first-order valence-electron chi connectivity index (χ1n) is 8.48. The van der Waals surface area contributed by atoms with E-state index in [0.29, 0.717) is 22.2 Å². The third kappa shape index (κ3) is 5.20. The van der Waals surface area contributed by atoms with Gasteiger partial charge in [0, 0.05) is 26.0 Å². The number of aryl methyl sites for hydroxylation is 1. The predicted octanol–water partition coefficient (Wildman–Crippen LogP) is 2.81. The van der Waals surface area contributed by atoms with Crippen molar-refractivity contribution in [3.8, 4) is 17.1 Å². The summed E-state index contributed by atoms with van der Waals surface area (Å²) in [6.07, 6.45) is -3.15. The molecule has 1 aromatic carbocycles. The lowest BCUT2D eigenvalue weighted by atomic mass is 10.2. The molecule has 0 saturated carbocycles. The Morgan fingerprint density at radius 3 is 2.53 bits per heavy atom. The van der Waals surface area contributed by atoms with Crippen molar-refractivity contribution < 1.29 is 22.7 Å². The van der Waals surface area contributed by atoms with Crippen LogP contribution in [0.5, 0.6) is 5.75 Å². The van der Waals surface area contributed by atoms with Crippen LogP contribution >= 0.6 is 11.8 Å². The molecule has 0 aliphatic carbocycles. The van der Waals surface area contributed by atoms with E-state index >= 15 is 0 Å². The van der Waals surface area contributed by atoms with Gasteiger partial charge in [-0.1, -0.05) is 11.8 Å². The maximum absolute atomic E-state index is 12.2. The number of alkyl halides is 3. The number of halogens is 3. The minimum Gasteiger partial charge on any atom is -0.406 e. The van der Waals surface area contributed by atoms with Crippen LogP contribution in [-0.2, 0) is 18.9 Å². The SMILES string of the molecule is Cn1c(SCC(=O)Nc2ccc(OC(F)(F)F)cc2)nnc1-c1cccn(C)c1=O. The van der Waals surface area contributed by atoms with E-state index in [0.717, 1.165) is 23.9 Å². The highest BCUT2D eigenvalue weighted by molar-refractivity contribution is 7.99. The lowest BCUT2D eigenvalue weighted by Crippen LogP contribution is -2.18. The van der Waals surface area contributed by atoms with Crippen LogP contribution < -0.4 is 15.6 Å². The van der Waals surface area contributed by atoms with Gasteiger partial charge in [0.05, 0.1) is 11.3 Å². The van der Waals surface area contributed by atoms with E-state index in [-0.39, 0.29) is 23.0 Å². The zero-order valence-electron chi connectivity index (χ0n) is 15.8. The van der Waals surface area contributed by atoms with Crippen LogP contribution in [0, 0.1) is 0 Å². The highest BCUT2D eigenvalue weighted by Crippen LogP contribution is 2.24. The van der Waals surface area contributed by atoms with Crippen molar-refractivity contribution in [2.75, 3.05) is 11.1 Å². The van der Waals surface area contributed by atoms with Gasteiger partial charge in [-0.25, -0.2) is 0 Å². The summed E-state index contributed by atoms with van der Waals surface area (Å²) < 4.78 is 43.3. The number of rotatable bonds is 6. The Morgan fingerprint density at radius 1 is 1.17 bits per heavy atom. The third-order valence-electron chi connectivity index (χ3n) is 3.90. The number of carbonyl (C=O) groups is 1. The van der Waals surface area contributed by atoms with Crippen LogP contribution in [0.2, 0.25) is 0 Å². The van der Waals surface area contributed by atoms with Crippen molar-refractivity contribution in [1.29, 1.82) is 0 Å². The molecule has 0 fully saturated rings. The molecule has 2 heterocycles. The van der Waals surface area contributed by atoms with Crippen molar-refractivity contribution >= 4 is 23.4 Å². The molecular weight excluding hydrogens is 423 g/mol. The summed E-state index contributed by atoms with van der Waals surface area (Å²) in [6.45, 7) is 0. The van der Waals surface area contributed by atoms with Gasteiger partial charge in [-0.2, -0.15) is 0 Å². The number of benzene rings is 1. The van der Waals surface area contributed by atoms with Gasteiger partial charge in [0.2, 0.25) is 5.91 Å². The van der Waals surface area contributed by atoms with Gasteiger partial charge in [-0.15, -0.1) is 23.4 Å². The molecule has 0 saturated heterocycles. The Kier molecular flexibility index (Phi) is 6.15. The standard InChI is InChI=1S/C18H16F3N5O3S/c1-25-9-3-4-13(16(25)28)15-23-24-17(26(15)2)30-10-14(27)22-11-5-7-12(8-6-11)29-18(19,20)21/h3-9H,10H2,1-2H3,(H,22,27). The molecule has 0 aliphatic heterocycles. The number of hydrogen-bond acceptors (Lipinski definition) is 6. The molecule has 0 spiro atoms. The zero-order valence-corrected chi connectivity index (χ0v) is 16.6. The molecule has 3 aromatic rings. The average Bonchev–Trinajstić information content (AvgIpc) is 3.03. The van der Waals surface area contributed by atoms with Gasteiger partial charge in [0.1, 0.15) is 5.75 Å². The lowest BCUT2D eigenvalue weighted by molar-refractivity contribution is -0.274. The van der Waals surface area contributed by atoms with E-state index in [1.807, 2.05) is 0 Å². The minimum absolute atomic E-state index is 0.0143. The second-order valence-corrected chi connectivity index (χ2v) is 7.05. The van der Waals surface area contributed by atoms with E-state index in [2.05, 4.69) is 20.3 Å². The van der Waals surface area contributed by atoms with Crippen LogP contribution in [0.1, 0.15) is 0 Å². The van der Waals surface area contributed by atoms with Crippen LogP contribution in [0.4, 0.5) is 18.9 Å². The van der Waals surface area contributed by atoms with E-state index in [1.54, 1.807) is 37.0 Å². The van der Waals surface area contributed by atoms with E-state index in [4.69, 9.17) is 0 Å². The van der Waals surface area contributed by atoms with Crippen molar-refractivity contribution in [3.05, 3.63) is 52.9 Å². The molecule has 1 N–H and O–H groups in total. The van der Waals surface area contributed by atoms with Gasteiger partial charge in [0.15, 0.2) is 11.0 Å². The monoisotopic (exact) mass is 439 g/mol. The summed E-state index contributed by atoms with van der Waals surface area (Å²) in [7, 11) is 3.31. The predicted molar refractivity (Wildman–Crippen MR) is 104 cm³/mol. The third-order valence-corrected chi connectivity index (χ3v) is 4.92. The number of amides is 1. The van der Waals surface area contributed by atoms with Gasteiger partial charge in [-0.3, -0.25) is 9.59 Å². The smallest absolute Gasteiger partial charge is 0.406 e. The number of nitrogens with one attached hydrogen (secondary N) is 1. The Bertz CT molecular complexity index is 1110. The summed E-state index contributed by atoms with van der Waals surface area (Å²) in [5.74, 6) is -0.405. The summed E-state index contributed by atoms with van der Waals surface area (Å²) in [6, 6.07) is 8.16. The highest BCUT2D eigenvalue weighted by atomic mass is 32.2. The topological polar surface area (TPSA) is 91.0 Å². The minimum atomic E-state index is -4.78. The molecule has 0 aliphatic rings. The highest BCUT2D eigenvalue weighted by Gasteiger charge is 2.31. The molecule has 8 nitrogen and oxygen atoms in total. The molecule has 1 amide bonds. The van der Waals surface area contributed by atoms with Gasteiger partial charge < -0.3 is 19.2 Å². The molecule has 0 bridgehead atoms. The first kappa shape index (κ1) is 21.4. The van der Waals surface area contributed by atoms with Gasteiger partial charge in [-0.05, 0) is 36.4 Å². The molecular formula is C18H16F3N5O3S. The number of carbonyl (C=O) groups excluding carboxylic acids is 1. The Hall–Kier alpha value is -3.28. The van der Waals surface area contributed by atoms with Crippen LogP contribution in [-0.4, -0.2) is 37.4 Å². The van der Waals surface area contributed by atoms with Crippen LogP contribution in [0.3, 0.4) is 0 Å². The molecule has 2 aromatic heterocycles. The summed E-state index contributed by atoms with van der Waals surface area (Å²) in [5, 5.41) is 11.0. The van der Waals surface area contributed by atoms with Crippen molar-refractivity contribution in [3.63, 3.8) is 0 Å². The first-order chi connectivity index (χ1) is 14.1. The fourth-order valence-corrected chi connectivity index (χ4v) is 3.22. The largest absolute Gasteiger partial charge is 0.573 e. The van der Waals surface area contributed by atoms with Crippen molar-refractivity contribution in [1.82, 2.24) is 19.3 Å². The van der Waals surface area contributed by atoms with E-state index in [1.165, 1.54) is 16.7 Å². The molecule has 30 heavy (non-hydrogen) atoms. The van der Waals surface area contributed by atoms with Crippen LogP contribution in [0.25, 0.3) is 11.4 Å². The Balaban J connectivity index is 1.61. The molecule has 0 unspecified atom stereocenters. The number of nitrogens with zero attached hydrogens (tertiary/aromatic N) is 4. The normalized spacial score (nSPS) is 11.4. The van der Waals surface area contributed by atoms with Crippen LogP contribution in [0.15, 0.2) is 52.5 Å². The fraction of sp³-hybridized carbons (Fsp3) is 0.222. The number of anilines is 1. The van der Waals surface area contributed by atoms with E-state index < -0.39 is 6.36 Å². The van der Waals surface area contributed by atoms with Gasteiger partial charge >= 0.3 is 6.36 Å². The number of ether oxygens (including phenoxy) is 1. The van der Waals surface area contributed by atoms with E-state index in [9.17, 15) is 22.8 Å². The molecule has 12 heteroatoms. The quantitative estimate of drug-likeness (QED) is 0.594. The summed E-state index contributed by atoms with van der Waals surface area (Å²) in [5.41, 5.74) is 0.481. The maximum atomic E-state index is 12.2. The molecule has 158 valence electrons. The average molecular weight is 439 g/mol. The zero-order chi connectivity index (χ0) is 21.9. The maximum Gasteiger partial charge on any atom is 0.573 e. The molecule has 3 rings (SSSR count). The second-order valence-electron chi connectivity index (χ2n) is 6.11. The second kappa shape index (κ2) is 8.61. The summed E-state index contributed by atoms with van der Waals surface area (Å²) >= 11 is 1.11. The van der Waals surface area contributed by atoms with Gasteiger partial charge in [0.25, 0.3) is 5.56 Å². The van der Waals surface area contributed by atoms with Crippen molar-refractivity contribution in [2.45, 2.75) is 11.5 Å². The molecule has 0 radical (unpaired) electrons. The summed E-state index contributed by atoms with van der Waals surface area (Å²) in [4.78, 5) is 24.4. The number of hydrogen-bond donors (Lipinski definition) is 1. The Labute approximate surface area is 172 Å². The first-order valence-corrected chi connectivity index (χ1v) is 9.46. The lowest BCUT2D eigenvalue weighted by Gasteiger charge is -2.10. The fourth-order valence-electron chi connectivity index (χ4n) is 2.51. The number of pyridine rings is 1. The number of aromatic nitrogens is 4. The number of thioether (sulfide) groups is 1.